The number of aryl methyl sites for hydroxylation is 2. The molecule has 0 aliphatic heterocycles. The fraction of sp³-hybridized carbons (Fsp3) is 0.750. The van der Waals surface area contributed by atoms with Crippen molar-refractivity contribution in [2.75, 3.05) is 12.4 Å². The standard InChI is InChI=1S/C12H21Cl2N3/c1-9-10(11(14)17(4)16-9)7-15-8-12(2,3)5-6-13/h15H,5-8H2,1-4H3. The van der Waals surface area contributed by atoms with E-state index in [4.69, 9.17) is 23.2 Å². The van der Waals surface area contributed by atoms with Gasteiger partial charge in [0, 0.05) is 31.6 Å². The Hall–Kier alpha value is -0.250. The molecule has 0 aliphatic carbocycles. The quantitative estimate of drug-likeness (QED) is 0.810. The van der Waals surface area contributed by atoms with Crippen LogP contribution in [0.15, 0.2) is 0 Å². The van der Waals surface area contributed by atoms with Crippen LogP contribution in [0, 0.1) is 12.3 Å². The van der Waals surface area contributed by atoms with Crippen molar-refractivity contribution in [2.24, 2.45) is 12.5 Å². The minimum absolute atomic E-state index is 0.213. The molecule has 1 heterocycles. The maximum absolute atomic E-state index is 6.16. The fourth-order valence-electron chi connectivity index (χ4n) is 1.74. The number of rotatable bonds is 6. The molecule has 0 aliphatic rings. The van der Waals surface area contributed by atoms with E-state index in [0.717, 1.165) is 30.8 Å². The van der Waals surface area contributed by atoms with Crippen LogP contribution in [-0.2, 0) is 13.6 Å². The van der Waals surface area contributed by atoms with Gasteiger partial charge in [0.05, 0.1) is 5.69 Å². The number of alkyl halides is 1. The minimum Gasteiger partial charge on any atom is -0.312 e. The van der Waals surface area contributed by atoms with Gasteiger partial charge in [0.2, 0.25) is 0 Å². The second-order valence-corrected chi connectivity index (χ2v) is 5.92. The first-order chi connectivity index (χ1) is 7.87. The van der Waals surface area contributed by atoms with Crippen LogP contribution in [0.3, 0.4) is 0 Å². The van der Waals surface area contributed by atoms with Gasteiger partial charge in [0.15, 0.2) is 0 Å². The van der Waals surface area contributed by atoms with Gasteiger partial charge in [-0.1, -0.05) is 25.4 Å². The number of nitrogens with one attached hydrogen (secondary N) is 1. The highest BCUT2D eigenvalue weighted by molar-refractivity contribution is 6.30. The molecular formula is C12H21Cl2N3. The van der Waals surface area contributed by atoms with E-state index >= 15 is 0 Å². The first-order valence-corrected chi connectivity index (χ1v) is 6.73. The van der Waals surface area contributed by atoms with Crippen molar-refractivity contribution >= 4 is 23.2 Å². The summed E-state index contributed by atoms with van der Waals surface area (Å²) in [5.74, 6) is 0.696. The van der Waals surface area contributed by atoms with E-state index < -0.39 is 0 Å². The molecule has 0 aromatic carbocycles. The molecule has 0 saturated heterocycles. The second kappa shape index (κ2) is 6.07. The first kappa shape index (κ1) is 14.8. The second-order valence-electron chi connectivity index (χ2n) is 5.19. The van der Waals surface area contributed by atoms with Gasteiger partial charge in [-0.15, -0.1) is 11.6 Å². The summed E-state index contributed by atoms with van der Waals surface area (Å²) in [6, 6.07) is 0. The van der Waals surface area contributed by atoms with E-state index in [9.17, 15) is 0 Å². The number of nitrogens with zero attached hydrogens (tertiary/aromatic N) is 2. The molecule has 98 valence electrons. The Kier molecular flexibility index (Phi) is 5.29. The first-order valence-electron chi connectivity index (χ1n) is 5.82. The van der Waals surface area contributed by atoms with Crippen molar-refractivity contribution in [3.63, 3.8) is 0 Å². The van der Waals surface area contributed by atoms with Crippen LogP contribution in [0.4, 0.5) is 0 Å². The molecule has 0 fully saturated rings. The van der Waals surface area contributed by atoms with E-state index in [1.807, 2.05) is 14.0 Å². The third-order valence-corrected chi connectivity index (χ3v) is 3.61. The lowest BCUT2D eigenvalue weighted by atomic mass is 9.90. The average Bonchev–Trinajstić information content (AvgIpc) is 2.44. The van der Waals surface area contributed by atoms with Crippen molar-refractivity contribution in [3.05, 3.63) is 16.4 Å². The molecule has 5 heteroatoms. The molecule has 0 saturated carbocycles. The van der Waals surface area contributed by atoms with Gasteiger partial charge in [0.25, 0.3) is 0 Å². The van der Waals surface area contributed by atoms with Crippen molar-refractivity contribution in [1.82, 2.24) is 15.1 Å². The van der Waals surface area contributed by atoms with Crippen LogP contribution in [0.5, 0.6) is 0 Å². The van der Waals surface area contributed by atoms with Gasteiger partial charge in [-0.3, -0.25) is 4.68 Å². The van der Waals surface area contributed by atoms with E-state index in [0.29, 0.717) is 11.0 Å². The summed E-state index contributed by atoms with van der Waals surface area (Å²) in [4.78, 5) is 0. The molecule has 1 aromatic heterocycles. The van der Waals surface area contributed by atoms with E-state index in [2.05, 4.69) is 24.3 Å². The lowest BCUT2D eigenvalue weighted by Crippen LogP contribution is -2.29. The zero-order valence-corrected chi connectivity index (χ0v) is 12.5. The fourth-order valence-corrected chi connectivity index (χ4v) is 2.50. The Morgan fingerprint density at radius 3 is 2.53 bits per heavy atom. The molecule has 0 radical (unpaired) electrons. The molecule has 3 nitrogen and oxygen atoms in total. The van der Waals surface area contributed by atoms with E-state index in [1.165, 1.54) is 0 Å². The highest BCUT2D eigenvalue weighted by atomic mass is 35.5. The van der Waals surface area contributed by atoms with Crippen LogP contribution in [0.2, 0.25) is 5.15 Å². The molecule has 1 N–H and O–H groups in total. The maximum Gasteiger partial charge on any atom is 0.131 e. The van der Waals surface area contributed by atoms with Crippen LogP contribution in [0.25, 0.3) is 0 Å². The van der Waals surface area contributed by atoms with Crippen LogP contribution < -0.4 is 5.32 Å². The summed E-state index contributed by atoms with van der Waals surface area (Å²) >= 11 is 11.9. The number of aromatic nitrogens is 2. The Balaban J connectivity index is 2.51. The van der Waals surface area contributed by atoms with E-state index in [1.54, 1.807) is 4.68 Å². The van der Waals surface area contributed by atoms with Gasteiger partial charge in [0.1, 0.15) is 5.15 Å². The number of hydrogen-bond acceptors (Lipinski definition) is 2. The third kappa shape index (κ3) is 4.16. The van der Waals surface area contributed by atoms with Crippen LogP contribution in [0.1, 0.15) is 31.5 Å². The third-order valence-electron chi connectivity index (χ3n) is 2.95. The van der Waals surface area contributed by atoms with Gasteiger partial charge in [-0.05, 0) is 18.8 Å². The molecule has 0 unspecified atom stereocenters. The number of halogens is 2. The zero-order valence-electron chi connectivity index (χ0n) is 11.0. The van der Waals surface area contributed by atoms with Crippen LogP contribution >= 0.6 is 23.2 Å². The Morgan fingerprint density at radius 2 is 2.06 bits per heavy atom. The summed E-state index contributed by atoms with van der Waals surface area (Å²) in [6.45, 7) is 8.07. The van der Waals surface area contributed by atoms with Crippen molar-refractivity contribution in [2.45, 2.75) is 33.7 Å². The number of hydrogen-bond donors (Lipinski definition) is 1. The molecule has 0 amide bonds. The van der Waals surface area contributed by atoms with Crippen molar-refractivity contribution in [3.8, 4) is 0 Å². The molecule has 0 bridgehead atoms. The predicted octanol–water partition coefficient (Wildman–Crippen LogP) is 3.13. The largest absolute Gasteiger partial charge is 0.312 e. The zero-order chi connectivity index (χ0) is 13.1. The lowest BCUT2D eigenvalue weighted by molar-refractivity contribution is 0.329. The van der Waals surface area contributed by atoms with Crippen LogP contribution in [-0.4, -0.2) is 22.2 Å². The van der Waals surface area contributed by atoms with Gasteiger partial charge in [-0.2, -0.15) is 5.10 Å². The monoisotopic (exact) mass is 277 g/mol. The lowest BCUT2D eigenvalue weighted by Gasteiger charge is -2.23. The van der Waals surface area contributed by atoms with Crippen molar-refractivity contribution in [1.29, 1.82) is 0 Å². The average molecular weight is 278 g/mol. The normalized spacial score (nSPS) is 12.1. The molecule has 0 atom stereocenters. The summed E-state index contributed by atoms with van der Waals surface area (Å²) in [5.41, 5.74) is 2.28. The Bertz CT molecular complexity index is 372. The summed E-state index contributed by atoms with van der Waals surface area (Å²) in [6.07, 6.45) is 1.00. The maximum atomic E-state index is 6.16. The summed E-state index contributed by atoms with van der Waals surface area (Å²) in [7, 11) is 1.86. The van der Waals surface area contributed by atoms with Gasteiger partial charge < -0.3 is 5.32 Å². The molecule has 17 heavy (non-hydrogen) atoms. The Morgan fingerprint density at radius 1 is 1.41 bits per heavy atom. The van der Waals surface area contributed by atoms with E-state index in [-0.39, 0.29) is 5.41 Å². The Labute approximate surface area is 113 Å². The smallest absolute Gasteiger partial charge is 0.131 e. The summed E-state index contributed by atoms with van der Waals surface area (Å²) < 4.78 is 1.71. The summed E-state index contributed by atoms with van der Waals surface area (Å²) in [5, 5.41) is 8.42. The minimum atomic E-state index is 0.213. The highest BCUT2D eigenvalue weighted by Gasteiger charge is 2.17. The van der Waals surface area contributed by atoms with Gasteiger partial charge >= 0.3 is 0 Å². The topological polar surface area (TPSA) is 29.9 Å². The predicted molar refractivity (Wildman–Crippen MR) is 73.8 cm³/mol. The SMILES string of the molecule is Cc1nn(C)c(Cl)c1CNCC(C)(C)CCCl. The highest BCUT2D eigenvalue weighted by Crippen LogP contribution is 2.21. The molecular weight excluding hydrogens is 257 g/mol. The van der Waals surface area contributed by atoms with Gasteiger partial charge in [-0.25, -0.2) is 0 Å². The molecule has 1 aromatic rings. The van der Waals surface area contributed by atoms with Crippen molar-refractivity contribution < 1.29 is 0 Å². The molecule has 1 rings (SSSR count). The molecule has 0 spiro atoms.